The topological polar surface area (TPSA) is 37.3 Å². The molecule has 0 aromatic carbocycles. The first-order valence-corrected chi connectivity index (χ1v) is 4.89. The van der Waals surface area contributed by atoms with Crippen molar-refractivity contribution in [2.75, 3.05) is 0 Å². The zero-order valence-electron chi connectivity index (χ0n) is 6.67. The number of aliphatic carboxylic acids is 1. The number of fused-ring (bicyclic) bond motifs is 1. The fourth-order valence-electron chi connectivity index (χ4n) is 1.63. The monoisotopic (exact) mass is 182 g/mol. The van der Waals surface area contributed by atoms with E-state index in [0.717, 1.165) is 17.7 Å². The molecule has 0 spiro atoms. The van der Waals surface area contributed by atoms with Gasteiger partial charge in [-0.05, 0) is 30.9 Å². The third kappa shape index (κ3) is 1.37. The molecule has 0 amide bonds. The maximum absolute atomic E-state index is 10.4. The van der Waals surface area contributed by atoms with E-state index in [1.165, 1.54) is 16.9 Å². The predicted octanol–water partition coefficient (Wildman–Crippen LogP) is 1.86. The molecule has 0 unspecified atom stereocenters. The van der Waals surface area contributed by atoms with Crippen molar-refractivity contribution in [2.24, 2.45) is 0 Å². The Bertz CT molecular complexity index is 293. The zero-order valence-corrected chi connectivity index (χ0v) is 7.49. The Kier molecular flexibility index (Phi) is 1.89. The molecule has 3 heteroatoms. The number of carbonyl (C=O) groups is 1. The first kappa shape index (κ1) is 7.80. The molecular weight excluding hydrogens is 172 g/mol. The summed E-state index contributed by atoms with van der Waals surface area (Å²) < 4.78 is 0. The van der Waals surface area contributed by atoms with Gasteiger partial charge in [-0.2, -0.15) is 0 Å². The summed E-state index contributed by atoms with van der Waals surface area (Å²) >= 11 is 1.67. The number of carboxylic acids is 1. The minimum absolute atomic E-state index is 0.192. The fraction of sp³-hybridized carbons (Fsp3) is 0.444. The van der Waals surface area contributed by atoms with Gasteiger partial charge >= 0.3 is 5.97 Å². The van der Waals surface area contributed by atoms with E-state index in [1.54, 1.807) is 11.3 Å². The van der Waals surface area contributed by atoms with E-state index in [1.807, 2.05) is 0 Å². The summed E-state index contributed by atoms with van der Waals surface area (Å²) in [7, 11) is 0. The average molecular weight is 182 g/mol. The lowest BCUT2D eigenvalue weighted by Crippen LogP contribution is -1.97. The molecule has 0 aliphatic heterocycles. The van der Waals surface area contributed by atoms with Crippen molar-refractivity contribution in [3.63, 3.8) is 0 Å². The third-order valence-corrected chi connectivity index (χ3v) is 3.36. The highest BCUT2D eigenvalue weighted by Crippen LogP contribution is 2.30. The van der Waals surface area contributed by atoms with Gasteiger partial charge in [0.05, 0.1) is 6.42 Å². The molecular formula is C9H10O2S. The summed E-state index contributed by atoms with van der Waals surface area (Å²) in [4.78, 5) is 12.8. The van der Waals surface area contributed by atoms with Crippen LogP contribution in [0.2, 0.25) is 0 Å². The van der Waals surface area contributed by atoms with Crippen LogP contribution in [0.3, 0.4) is 0 Å². The maximum Gasteiger partial charge on any atom is 0.308 e. The average Bonchev–Trinajstić information content (AvgIpc) is 2.43. The van der Waals surface area contributed by atoms with E-state index in [-0.39, 0.29) is 6.42 Å². The van der Waals surface area contributed by atoms with Crippen molar-refractivity contribution in [3.8, 4) is 0 Å². The molecule has 1 aromatic rings. The Labute approximate surface area is 74.8 Å². The Morgan fingerprint density at radius 3 is 3.08 bits per heavy atom. The van der Waals surface area contributed by atoms with Crippen LogP contribution in [-0.4, -0.2) is 11.1 Å². The Hall–Kier alpha value is -0.830. The van der Waals surface area contributed by atoms with Crippen LogP contribution in [0, 0.1) is 0 Å². The molecule has 2 nitrogen and oxygen atoms in total. The maximum atomic E-state index is 10.4. The summed E-state index contributed by atoms with van der Waals surface area (Å²) in [5.74, 6) is -0.727. The second-order valence-corrected chi connectivity index (χ2v) is 4.31. The summed E-state index contributed by atoms with van der Waals surface area (Å²) in [6, 6.07) is 2.06. The van der Waals surface area contributed by atoms with Gasteiger partial charge in [0.25, 0.3) is 0 Å². The zero-order chi connectivity index (χ0) is 8.55. The van der Waals surface area contributed by atoms with Gasteiger partial charge in [-0.15, -0.1) is 11.3 Å². The number of thiophene rings is 1. The largest absolute Gasteiger partial charge is 0.481 e. The van der Waals surface area contributed by atoms with E-state index < -0.39 is 5.97 Å². The van der Waals surface area contributed by atoms with Crippen LogP contribution in [0.15, 0.2) is 6.07 Å². The SMILES string of the molecule is O=C(O)Cc1cc2c(s1)CCC2. The number of hydrogen-bond acceptors (Lipinski definition) is 2. The normalized spacial score (nSPS) is 14.7. The van der Waals surface area contributed by atoms with E-state index in [4.69, 9.17) is 5.11 Å². The molecule has 0 bridgehead atoms. The molecule has 1 aliphatic rings. The summed E-state index contributed by atoms with van der Waals surface area (Å²) in [5, 5.41) is 8.56. The number of aryl methyl sites for hydroxylation is 2. The van der Waals surface area contributed by atoms with Gasteiger partial charge in [0.1, 0.15) is 0 Å². The van der Waals surface area contributed by atoms with Crippen LogP contribution >= 0.6 is 11.3 Å². The number of carboxylic acid groups (broad SMARTS) is 1. The van der Waals surface area contributed by atoms with Crippen molar-refractivity contribution in [1.29, 1.82) is 0 Å². The van der Waals surface area contributed by atoms with E-state index in [0.29, 0.717) is 0 Å². The Balaban J connectivity index is 2.20. The molecule has 0 saturated carbocycles. The lowest BCUT2D eigenvalue weighted by molar-refractivity contribution is -0.136. The van der Waals surface area contributed by atoms with Crippen LogP contribution < -0.4 is 0 Å². The van der Waals surface area contributed by atoms with Crippen molar-refractivity contribution in [3.05, 3.63) is 21.4 Å². The van der Waals surface area contributed by atoms with Gasteiger partial charge < -0.3 is 5.11 Å². The molecule has 0 atom stereocenters. The van der Waals surface area contributed by atoms with E-state index >= 15 is 0 Å². The highest BCUT2D eigenvalue weighted by Gasteiger charge is 2.15. The van der Waals surface area contributed by atoms with Crippen molar-refractivity contribution in [2.45, 2.75) is 25.7 Å². The molecule has 1 aliphatic carbocycles. The summed E-state index contributed by atoms with van der Waals surface area (Å²) in [5.41, 5.74) is 1.39. The molecule has 1 aromatic heterocycles. The van der Waals surface area contributed by atoms with Crippen molar-refractivity contribution >= 4 is 17.3 Å². The lowest BCUT2D eigenvalue weighted by atomic mass is 10.2. The third-order valence-electron chi connectivity index (χ3n) is 2.12. The van der Waals surface area contributed by atoms with Gasteiger partial charge in [0.15, 0.2) is 0 Å². The summed E-state index contributed by atoms with van der Waals surface area (Å²) in [6.07, 6.45) is 3.73. The van der Waals surface area contributed by atoms with E-state index in [9.17, 15) is 4.79 Å². The van der Waals surface area contributed by atoms with Crippen LogP contribution in [-0.2, 0) is 24.1 Å². The van der Waals surface area contributed by atoms with Crippen molar-refractivity contribution in [1.82, 2.24) is 0 Å². The highest BCUT2D eigenvalue weighted by molar-refractivity contribution is 7.12. The Morgan fingerprint density at radius 1 is 1.58 bits per heavy atom. The highest BCUT2D eigenvalue weighted by atomic mass is 32.1. The van der Waals surface area contributed by atoms with Gasteiger partial charge in [0.2, 0.25) is 0 Å². The smallest absolute Gasteiger partial charge is 0.308 e. The molecule has 0 fully saturated rings. The van der Waals surface area contributed by atoms with Crippen LogP contribution in [0.25, 0.3) is 0 Å². The minimum atomic E-state index is -0.727. The van der Waals surface area contributed by atoms with Crippen LogP contribution in [0.1, 0.15) is 21.7 Å². The quantitative estimate of drug-likeness (QED) is 0.758. The standard InChI is InChI=1S/C9H10O2S/c10-9(11)5-7-4-6-2-1-3-8(6)12-7/h4H,1-3,5H2,(H,10,11). The van der Waals surface area contributed by atoms with Crippen molar-refractivity contribution < 1.29 is 9.90 Å². The van der Waals surface area contributed by atoms with Gasteiger partial charge in [0, 0.05) is 9.75 Å². The molecule has 12 heavy (non-hydrogen) atoms. The number of rotatable bonds is 2. The minimum Gasteiger partial charge on any atom is -0.481 e. The fourth-order valence-corrected chi connectivity index (χ4v) is 2.88. The van der Waals surface area contributed by atoms with Gasteiger partial charge in [-0.25, -0.2) is 0 Å². The molecule has 2 rings (SSSR count). The lowest BCUT2D eigenvalue weighted by Gasteiger charge is -1.89. The molecule has 1 N–H and O–H groups in total. The first-order chi connectivity index (χ1) is 5.75. The molecule has 1 heterocycles. The molecule has 0 radical (unpaired) electrons. The molecule has 0 saturated heterocycles. The van der Waals surface area contributed by atoms with E-state index in [2.05, 4.69) is 6.07 Å². The van der Waals surface area contributed by atoms with Crippen LogP contribution in [0.4, 0.5) is 0 Å². The summed E-state index contributed by atoms with van der Waals surface area (Å²) in [6.45, 7) is 0. The predicted molar refractivity (Wildman–Crippen MR) is 47.7 cm³/mol. The molecule has 64 valence electrons. The van der Waals surface area contributed by atoms with Gasteiger partial charge in [-0.1, -0.05) is 0 Å². The second kappa shape index (κ2) is 2.90. The number of hydrogen-bond donors (Lipinski definition) is 1. The van der Waals surface area contributed by atoms with Crippen LogP contribution in [0.5, 0.6) is 0 Å². The van der Waals surface area contributed by atoms with Gasteiger partial charge in [-0.3, -0.25) is 4.79 Å². The second-order valence-electron chi connectivity index (χ2n) is 3.09. The first-order valence-electron chi connectivity index (χ1n) is 4.08. The Morgan fingerprint density at radius 2 is 2.42 bits per heavy atom.